The fourth-order valence-electron chi connectivity index (χ4n) is 1.96. The summed E-state index contributed by atoms with van der Waals surface area (Å²) in [5, 5.41) is 15.4. The molecule has 19 heavy (non-hydrogen) atoms. The molecule has 2 rings (SSSR count). The van der Waals surface area contributed by atoms with Crippen LogP contribution in [-0.2, 0) is 4.79 Å². The van der Waals surface area contributed by atoms with Gasteiger partial charge in [-0.25, -0.2) is 0 Å². The van der Waals surface area contributed by atoms with E-state index in [2.05, 4.69) is 24.5 Å². The minimum absolute atomic E-state index is 0.000370. The van der Waals surface area contributed by atoms with Crippen molar-refractivity contribution in [2.45, 2.75) is 19.9 Å². The molecule has 0 radical (unpaired) electrons. The first-order chi connectivity index (χ1) is 9.06. The standard InChI is InChI=1S/C14H20N2O3/c1-9(2)6-16-14(18)7-15-12-8-19-13-5-10(17)3-4-11(12)13/h3-5,9,12,15,17H,6-8H2,1-2H3,(H,16,18). The van der Waals surface area contributed by atoms with Gasteiger partial charge in [0.25, 0.3) is 0 Å². The number of fused-ring (bicyclic) bond motifs is 1. The topological polar surface area (TPSA) is 70.6 Å². The predicted molar refractivity (Wildman–Crippen MR) is 72.2 cm³/mol. The Bertz CT molecular complexity index is 460. The molecule has 0 spiro atoms. The summed E-state index contributed by atoms with van der Waals surface area (Å²) in [7, 11) is 0. The number of carbonyl (C=O) groups is 1. The lowest BCUT2D eigenvalue weighted by Crippen LogP contribution is -2.37. The molecule has 0 fully saturated rings. The molecule has 1 aliphatic rings. The van der Waals surface area contributed by atoms with Crippen molar-refractivity contribution in [3.8, 4) is 11.5 Å². The first-order valence-electron chi connectivity index (χ1n) is 6.52. The van der Waals surface area contributed by atoms with E-state index in [-0.39, 0.29) is 24.2 Å². The summed E-state index contributed by atoms with van der Waals surface area (Å²) in [6.07, 6.45) is 0. The van der Waals surface area contributed by atoms with Crippen molar-refractivity contribution in [3.05, 3.63) is 23.8 Å². The molecule has 1 aliphatic heterocycles. The Morgan fingerprint density at radius 2 is 2.32 bits per heavy atom. The van der Waals surface area contributed by atoms with Gasteiger partial charge in [-0.15, -0.1) is 0 Å². The molecule has 3 N–H and O–H groups in total. The number of ether oxygens (including phenoxy) is 1. The van der Waals surface area contributed by atoms with Crippen LogP contribution in [-0.4, -0.2) is 30.7 Å². The molecule has 0 bridgehead atoms. The minimum Gasteiger partial charge on any atom is -0.508 e. The van der Waals surface area contributed by atoms with Crippen molar-refractivity contribution >= 4 is 5.91 Å². The second-order valence-corrected chi connectivity index (χ2v) is 5.16. The lowest BCUT2D eigenvalue weighted by molar-refractivity contribution is -0.120. The van der Waals surface area contributed by atoms with Gasteiger partial charge < -0.3 is 15.2 Å². The monoisotopic (exact) mass is 264 g/mol. The molecular formula is C14H20N2O3. The molecule has 5 heteroatoms. The molecule has 1 unspecified atom stereocenters. The van der Waals surface area contributed by atoms with E-state index in [1.807, 2.05) is 6.07 Å². The van der Waals surface area contributed by atoms with Gasteiger partial charge in [0.05, 0.1) is 12.6 Å². The first-order valence-corrected chi connectivity index (χ1v) is 6.52. The summed E-state index contributed by atoms with van der Waals surface area (Å²) in [6, 6.07) is 5.04. The second-order valence-electron chi connectivity index (χ2n) is 5.16. The van der Waals surface area contributed by atoms with E-state index in [4.69, 9.17) is 4.74 Å². The van der Waals surface area contributed by atoms with Gasteiger partial charge in [0.2, 0.25) is 5.91 Å². The fourth-order valence-corrected chi connectivity index (χ4v) is 1.96. The minimum atomic E-state index is -0.0130. The largest absolute Gasteiger partial charge is 0.508 e. The summed E-state index contributed by atoms with van der Waals surface area (Å²) >= 11 is 0. The Balaban J connectivity index is 1.84. The number of amides is 1. The smallest absolute Gasteiger partial charge is 0.233 e. The first kappa shape index (κ1) is 13.7. The van der Waals surface area contributed by atoms with Crippen molar-refractivity contribution in [2.24, 2.45) is 5.92 Å². The number of phenols is 1. The molecule has 1 aromatic rings. The lowest BCUT2D eigenvalue weighted by atomic mass is 10.1. The SMILES string of the molecule is CC(C)CNC(=O)CNC1COc2cc(O)ccc21. The average molecular weight is 264 g/mol. The number of hydrogen-bond donors (Lipinski definition) is 3. The maximum absolute atomic E-state index is 11.6. The number of rotatable bonds is 5. The molecule has 5 nitrogen and oxygen atoms in total. The fraction of sp³-hybridized carbons (Fsp3) is 0.500. The Morgan fingerprint density at radius 1 is 1.53 bits per heavy atom. The third-order valence-corrected chi connectivity index (χ3v) is 2.99. The highest BCUT2D eigenvalue weighted by molar-refractivity contribution is 5.78. The van der Waals surface area contributed by atoms with E-state index < -0.39 is 0 Å². The zero-order chi connectivity index (χ0) is 13.8. The molecule has 0 aromatic heterocycles. The van der Waals surface area contributed by atoms with Gasteiger partial charge in [-0.2, -0.15) is 0 Å². The maximum Gasteiger partial charge on any atom is 0.233 e. The van der Waals surface area contributed by atoms with Crippen LogP contribution >= 0.6 is 0 Å². The van der Waals surface area contributed by atoms with Gasteiger partial charge in [0.1, 0.15) is 18.1 Å². The number of aromatic hydroxyl groups is 1. The van der Waals surface area contributed by atoms with E-state index >= 15 is 0 Å². The van der Waals surface area contributed by atoms with Gasteiger partial charge in [0.15, 0.2) is 0 Å². The summed E-state index contributed by atoms with van der Waals surface area (Å²) in [5.41, 5.74) is 0.981. The number of hydrogen-bond acceptors (Lipinski definition) is 4. The van der Waals surface area contributed by atoms with Gasteiger partial charge in [-0.1, -0.05) is 13.8 Å². The average Bonchev–Trinajstić information content (AvgIpc) is 2.76. The Hall–Kier alpha value is -1.75. The summed E-state index contributed by atoms with van der Waals surface area (Å²) in [5.74, 6) is 1.30. The van der Waals surface area contributed by atoms with Crippen molar-refractivity contribution in [3.63, 3.8) is 0 Å². The molecule has 1 atom stereocenters. The van der Waals surface area contributed by atoms with Crippen LogP contribution in [0.5, 0.6) is 11.5 Å². The lowest BCUT2D eigenvalue weighted by Gasteiger charge is -2.12. The third-order valence-electron chi connectivity index (χ3n) is 2.99. The highest BCUT2D eigenvalue weighted by Crippen LogP contribution is 2.34. The van der Waals surface area contributed by atoms with E-state index in [0.29, 0.717) is 24.8 Å². The van der Waals surface area contributed by atoms with Crippen LogP contribution in [0, 0.1) is 5.92 Å². The van der Waals surface area contributed by atoms with Gasteiger partial charge in [-0.05, 0) is 18.1 Å². The molecule has 0 aliphatic carbocycles. The predicted octanol–water partition coefficient (Wildman–Crippen LogP) is 1.19. The highest BCUT2D eigenvalue weighted by Gasteiger charge is 2.24. The molecule has 104 valence electrons. The normalized spacial score (nSPS) is 17.1. The van der Waals surface area contributed by atoms with Crippen molar-refractivity contribution in [1.29, 1.82) is 0 Å². The Morgan fingerprint density at radius 3 is 3.05 bits per heavy atom. The molecule has 1 heterocycles. The van der Waals surface area contributed by atoms with Crippen molar-refractivity contribution in [1.82, 2.24) is 10.6 Å². The van der Waals surface area contributed by atoms with Gasteiger partial charge in [0, 0.05) is 18.2 Å². The quantitative estimate of drug-likeness (QED) is 0.747. The van der Waals surface area contributed by atoms with Crippen LogP contribution in [0.1, 0.15) is 25.5 Å². The van der Waals surface area contributed by atoms with Gasteiger partial charge in [-0.3, -0.25) is 10.1 Å². The van der Waals surface area contributed by atoms with Gasteiger partial charge >= 0.3 is 0 Å². The van der Waals surface area contributed by atoms with E-state index in [1.54, 1.807) is 12.1 Å². The number of carbonyl (C=O) groups excluding carboxylic acids is 1. The summed E-state index contributed by atoms with van der Waals surface area (Å²) in [6.45, 7) is 5.55. The number of benzene rings is 1. The van der Waals surface area contributed by atoms with Crippen LogP contribution in [0.4, 0.5) is 0 Å². The highest BCUT2D eigenvalue weighted by atomic mass is 16.5. The molecule has 0 saturated carbocycles. The van der Waals surface area contributed by atoms with Crippen LogP contribution < -0.4 is 15.4 Å². The zero-order valence-corrected chi connectivity index (χ0v) is 11.3. The summed E-state index contributed by atoms with van der Waals surface area (Å²) in [4.78, 5) is 11.6. The molecule has 1 aromatic carbocycles. The van der Waals surface area contributed by atoms with Crippen LogP contribution in [0.15, 0.2) is 18.2 Å². The number of nitrogens with one attached hydrogen (secondary N) is 2. The Labute approximate surface area is 113 Å². The van der Waals surface area contributed by atoms with Crippen LogP contribution in [0.2, 0.25) is 0 Å². The van der Waals surface area contributed by atoms with Crippen LogP contribution in [0.3, 0.4) is 0 Å². The molecule has 1 amide bonds. The molecular weight excluding hydrogens is 244 g/mol. The van der Waals surface area contributed by atoms with E-state index in [9.17, 15) is 9.90 Å². The zero-order valence-electron chi connectivity index (χ0n) is 11.3. The van der Waals surface area contributed by atoms with E-state index in [1.165, 1.54) is 0 Å². The number of phenolic OH excluding ortho intramolecular Hbond substituents is 1. The second kappa shape index (κ2) is 5.93. The van der Waals surface area contributed by atoms with Crippen molar-refractivity contribution in [2.75, 3.05) is 19.7 Å². The van der Waals surface area contributed by atoms with E-state index in [0.717, 1.165) is 5.56 Å². The third kappa shape index (κ3) is 3.61. The molecule has 0 saturated heterocycles. The Kier molecular flexibility index (Phi) is 4.27. The maximum atomic E-state index is 11.6. The van der Waals surface area contributed by atoms with Crippen molar-refractivity contribution < 1.29 is 14.6 Å². The van der Waals surface area contributed by atoms with Crippen LogP contribution in [0.25, 0.3) is 0 Å². The summed E-state index contributed by atoms with van der Waals surface area (Å²) < 4.78 is 5.47.